The van der Waals surface area contributed by atoms with Crippen LogP contribution < -0.4 is 10.1 Å². The van der Waals surface area contributed by atoms with Crippen molar-refractivity contribution in [1.29, 1.82) is 0 Å². The molecule has 0 saturated carbocycles. The van der Waals surface area contributed by atoms with Crippen molar-refractivity contribution in [2.75, 3.05) is 11.9 Å². The molecule has 2 heterocycles. The number of rotatable bonds is 6. The Morgan fingerprint density at radius 3 is 2.71 bits per heavy atom. The normalized spacial score (nSPS) is 11.4. The van der Waals surface area contributed by atoms with Crippen LogP contribution in [0.5, 0.6) is 5.88 Å². The van der Waals surface area contributed by atoms with Crippen molar-refractivity contribution >= 4 is 5.69 Å². The molecule has 0 unspecified atom stereocenters. The number of alkyl halides is 3. The number of anilines is 1. The van der Waals surface area contributed by atoms with Gasteiger partial charge in [-0.1, -0.05) is 0 Å². The molecule has 0 aliphatic heterocycles. The van der Waals surface area contributed by atoms with Crippen LogP contribution in [0, 0.1) is 0 Å². The van der Waals surface area contributed by atoms with Gasteiger partial charge in [0.05, 0.1) is 18.4 Å². The van der Waals surface area contributed by atoms with Crippen LogP contribution >= 0.6 is 0 Å². The smallest absolute Gasteiger partial charge is 0.422 e. The van der Waals surface area contributed by atoms with Crippen molar-refractivity contribution in [3.63, 3.8) is 0 Å². The summed E-state index contributed by atoms with van der Waals surface area (Å²) in [5, 5.41) is 3.10. The summed E-state index contributed by atoms with van der Waals surface area (Å²) < 4.78 is 42.5. The lowest BCUT2D eigenvalue weighted by molar-refractivity contribution is -0.154. The van der Waals surface area contributed by atoms with Crippen molar-refractivity contribution in [3.05, 3.63) is 36.5 Å². The fourth-order valence-corrected chi connectivity index (χ4v) is 1.70. The number of aryl methyl sites for hydroxylation is 1. The Kier molecular flexibility index (Phi) is 4.66. The number of aromatic nitrogens is 3. The molecule has 0 fully saturated rings. The zero-order valence-corrected chi connectivity index (χ0v) is 11.4. The zero-order chi connectivity index (χ0) is 15.3. The van der Waals surface area contributed by atoms with Gasteiger partial charge in [0.15, 0.2) is 6.61 Å². The van der Waals surface area contributed by atoms with Crippen LogP contribution in [0.1, 0.15) is 12.7 Å². The van der Waals surface area contributed by atoms with E-state index >= 15 is 0 Å². The van der Waals surface area contributed by atoms with E-state index in [2.05, 4.69) is 20.0 Å². The largest absolute Gasteiger partial charge is 0.468 e. The van der Waals surface area contributed by atoms with E-state index in [0.29, 0.717) is 12.2 Å². The summed E-state index contributed by atoms with van der Waals surface area (Å²) in [5.74, 6) is 0.808. The molecule has 2 rings (SSSR count). The first kappa shape index (κ1) is 15.1. The number of nitrogens with one attached hydrogen (secondary N) is 1. The maximum atomic E-state index is 12.0. The Hall–Kier alpha value is -2.25. The van der Waals surface area contributed by atoms with Gasteiger partial charge in [-0.15, -0.1) is 0 Å². The quantitative estimate of drug-likeness (QED) is 0.891. The van der Waals surface area contributed by atoms with E-state index in [4.69, 9.17) is 0 Å². The van der Waals surface area contributed by atoms with Crippen LogP contribution in [-0.4, -0.2) is 27.3 Å². The maximum Gasteiger partial charge on any atom is 0.422 e. The highest BCUT2D eigenvalue weighted by Gasteiger charge is 2.28. The van der Waals surface area contributed by atoms with Gasteiger partial charge < -0.3 is 14.6 Å². The fraction of sp³-hybridized carbons (Fsp3) is 0.385. The molecule has 2 aromatic rings. The highest BCUT2D eigenvalue weighted by atomic mass is 19.4. The predicted octanol–water partition coefficient (Wildman–Crippen LogP) is 2.85. The predicted molar refractivity (Wildman–Crippen MR) is 71.0 cm³/mol. The van der Waals surface area contributed by atoms with Gasteiger partial charge in [-0.2, -0.15) is 13.2 Å². The average Bonchev–Trinajstić information content (AvgIpc) is 2.90. The highest BCUT2D eigenvalue weighted by molar-refractivity contribution is 5.42. The number of imidazole rings is 1. The summed E-state index contributed by atoms with van der Waals surface area (Å²) >= 11 is 0. The van der Waals surface area contributed by atoms with Crippen molar-refractivity contribution < 1.29 is 17.9 Å². The molecule has 5 nitrogen and oxygen atoms in total. The third-order valence-electron chi connectivity index (χ3n) is 2.71. The van der Waals surface area contributed by atoms with Gasteiger partial charge in [-0.25, -0.2) is 9.97 Å². The maximum absolute atomic E-state index is 12.0. The minimum atomic E-state index is -4.37. The molecule has 0 amide bonds. The second-order valence-electron chi connectivity index (χ2n) is 4.27. The molecular formula is C13H15F3N4O. The van der Waals surface area contributed by atoms with Crippen LogP contribution in [0.4, 0.5) is 18.9 Å². The van der Waals surface area contributed by atoms with Crippen molar-refractivity contribution in [3.8, 4) is 5.88 Å². The SMILES string of the molecule is CCn1ccnc1CNc1ccc(OCC(F)(F)F)nc1. The third-order valence-corrected chi connectivity index (χ3v) is 2.71. The second kappa shape index (κ2) is 6.47. The van der Waals surface area contributed by atoms with Gasteiger partial charge in [0.25, 0.3) is 0 Å². The molecule has 0 bridgehead atoms. The summed E-state index contributed by atoms with van der Waals surface area (Å²) in [6, 6.07) is 3.00. The van der Waals surface area contributed by atoms with E-state index in [1.54, 1.807) is 12.3 Å². The molecule has 114 valence electrons. The van der Waals surface area contributed by atoms with Crippen LogP contribution in [0.3, 0.4) is 0 Å². The summed E-state index contributed by atoms with van der Waals surface area (Å²) in [5.41, 5.74) is 0.681. The van der Waals surface area contributed by atoms with E-state index in [1.807, 2.05) is 17.7 Å². The highest BCUT2D eigenvalue weighted by Crippen LogP contribution is 2.18. The first-order valence-corrected chi connectivity index (χ1v) is 6.37. The summed E-state index contributed by atoms with van der Waals surface area (Å²) in [7, 11) is 0. The van der Waals surface area contributed by atoms with Crippen LogP contribution in [0.25, 0.3) is 0 Å². The third kappa shape index (κ3) is 4.66. The Balaban J connectivity index is 1.88. The summed E-state index contributed by atoms with van der Waals surface area (Å²) in [4.78, 5) is 8.02. The molecule has 0 aromatic carbocycles. The van der Waals surface area contributed by atoms with Crippen molar-refractivity contribution in [2.24, 2.45) is 0 Å². The zero-order valence-electron chi connectivity index (χ0n) is 11.4. The second-order valence-corrected chi connectivity index (χ2v) is 4.27. The number of nitrogens with zero attached hydrogens (tertiary/aromatic N) is 3. The number of hydrogen-bond donors (Lipinski definition) is 1. The van der Waals surface area contributed by atoms with E-state index in [-0.39, 0.29) is 5.88 Å². The molecular weight excluding hydrogens is 285 g/mol. The lowest BCUT2D eigenvalue weighted by atomic mass is 10.4. The van der Waals surface area contributed by atoms with E-state index in [0.717, 1.165) is 12.4 Å². The molecule has 0 radical (unpaired) electrons. The molecule has 1 N–H and O–H groups in total. The molecule has 2 aromatic heterocycles. The van der Waals surface area contributed by atoms with Gasteiger partial charge in [0.1, 0.15) is 5.82 Å². The van der Waals surface area contributed by atoms with Gasteiger partial charge in [0.2, 0.25) is 5.88 Å². The number of pyridine rings is 1. The van der Waals surface area contributed by atoms with Crippen LogP contribution in [-0.2, 0) is 13.1 Å². The van der Waals surface area contributed by atoms with Gasteiger partial charge in [-0.3, -0.25) is 0 Å². The number of hydrogen-bond acceptors (Lipinski definition) is 4. The Morgan fingerprint density at radius 1 is 1.29 bits per heavy atom. The first-order valence-electron chi connectivity index (χ1n) is 6.37. The summed E-state index contributed by atoms with van der Waals surface area (Å²) in [6.07, 6.45) is 0.650. The van der Waals surface area contributed by atoms with E-state index < -0.39 is 12.8 Å². The van der Waals surface area contributed by atoms with Crippen LogP contribution in [0.2, 0.25) is 0 Å². The molecule has 0 aliphatic rings. The fourth-order valence-electron chi connectivity index (χ4n) is 1.70. The molecule has 0 aliphatic carbocycles. The van der Waals surface area contributed by atoms with Gasteiger partial charge in [-0.05, 0) is 13.0 Å². The molecule has 0 saturated heterocycles. The monoisotopic (exact) mass is 300 g/mol. The standard InChI is InChI=1S/C13H15F3N4O/c1-2-20-6-5-17-11(20)8-18-10-3-4-12(19-7-10)21-9-13(14,15)16/h3-7,18H,2,8-9H2,1H3. The van der Waals surface area contributed by atoms with E-state index in [9.17, 15) is 13.2 Å². The number of ether oxygens (including phenoxy) is 1. The van der Waals surface area contributed by atoms with Gasteiger partial charge in [0, 0.05) is 25.0 Å². The lowest BCUT2D eigenvalue weighted by Crippen LogP contribution is -2.19. The Morgan fingerprint density at radius 2 is 2.10 bits per heavy atom. The van der Waals surface area contributed by atoms with E-state index in [1.165, 1.54) is 12.3 Å². The van der Waals surface area contributed by atoms with Crippen molar-refractivity contribution in [1.82, 2.24) is 14.5 Å². The lowest BCUT2D eigenvalue weighted by Gasteiger charge is -2.10. The minimum Gasteiger partial charge on any atom is -0.468 e. The molecule has 0 spiro atoms. The topological polar surface area (TPSA) is 52.0 Å². The van der Waals surface area contributed by atoms with Crippen LogP contribution in [0.15, 0.2) is 30.7 Å². The Labute approximate surface area is 119 Å². The molecule has 8 heteroatoms. The Bertz CT molecular complexity index is 566. The average molecular weight is 300 g/mol. The van der Waals surface area contributed by atoms with Gasteiger partial charge >= 0.3 is 6.18 Å². The van der Waals surface area contributed by atoms with Crippen molar-refractivity contribution in [2.45, 2.75) is 26.2 Å². The number of halogens is 3. The summed E-state index contributed by atoms with van der Waals surface area (Å²) in [6.45, 7) is 1.99. The minimum absolute atomic E-state index is 0.0621. The first-order chi connectivity index (χ1) is 9.98. The molecule has 21 heavy (non-hydrogen) atoms. The molecule has 0 atom stereocenters.